The van der Waals surface area contributed by atoms with Crippen LogP contribution in [-0.2, 0) is 18.0 Å². The second-order valence-electron chi connectivity index (χ2n) is 4.97. The van der Waals surface area contributed by atoms with E-state index in [9.17, 15) is 0 Å². The zero-order valence-corrected chi connectivity index (χ0v) is 13.1. The van der Waals surface area contributed by atoms with E-state index in [1.54, 1.807) is 21.3 Å². The molecule has 18 heavy (non-hydrogen) atoms. The van der Waals surface area contributed by atoms with Crippen LogP contribution in [0.1, 0.15) is 39.0 Å². The Kier molecular flexibility index (Phi) is 6.00. The van der Waals surface area contributed by atoms with E-state index in [4.69, 9.17) is 18.0 Å². The lowest BCUT2D eigenvalue weighted by Crippen LogP contribution is -2.65. The average molecular weight is 274 g/mol. The van der Waals surface area contributed by atoms with Gasteiger partial charge in [0, 0.05) is 21.3 Å². The fourth-order valence-electron chi connectivity index (χ4n) is 2.73. The zero-order valence-electron chi connectivity index (χ0n) is 12.1. The molecule has 0 radical (unpaired) electrons. The third-order valence-corrected chi connectivity index (χ3v) is 6.99. The maximum atomic E-state index is 6.16. The Bertz CT molecular complexity index is 262. The van der Waals surface area contributed by atoms with Gasteiger partial charge < -0.3 is 18.0 Å². The van der Waals surface area contributed by atoms with Crippen molar-refractivity contribution in [1.82, 2.24) is 0 Å². The van der Waals surface area contributed by atoms with Crippen LogP contribution in [0.15, 0.2) is 12.2 Å². The van der Waals surface area contributed by atoms with Gasteiger partial charge >= 0.3 is 8.80 Å². The van der Waals surface area contributed by atoms with Crippen LogP contribution >= 0.6 is 0 Å². The van der Waals surface area contributed by atoms with Crippen LogP contribution in [0.5, 0.6) is 0 Å². The summed E-state index contributed by atoms with van der Waals surface area (Å²) in [6.07, 6.45) is 5.35. The molecule has 1 rings (SSSR count). The van der Waals surface area contributed by atoms with Crippen molar-refractivity contribution in [2.24, 2.45) is 0 Å². The van der Waals surface area contributed by atoms with Crippen LogP contribution < -0.4 is 0 Å². The van der Waals surface area contributed by atoms with Crippen molar-refractivity contribution in [1.29, 1.82) is 0 Å². The monoisotopic (exact) mass is 274 g/mol. The first kappa shape index (κ1) is 15.9. The van der Waals surface area contributed by atoms with E-state index in [2.05, 4.69) is 6.58 Å². The van der Waals surface area contributed by atoms with Gasteiger partial charge in [0.25, 0.3) is 0 Å². The number of ether oxygens (including phenoxy) is 1. The molecular weight excluding hydrogens is 248 g/mol. The molecular formula is C13H26O4Si. The Morgan fingerprint density at radius 3 is 1.94 bits per heavy atom. The molecule has 0 unspecified atom stereocenters. The molecule has 0 bridgehead atoms. The van der Waals surface area contributed by atoms with E-state index in [1.807, 2.05) is 6.92 Å². The quantitative estimate of drug-likeness (QED) is 0.528. The van der Waals surface area contributed by atoms with E-state index >= 15 is 0 Å². The van der Waals surface area contributed by atoms with Crippen LogP contribution in [0.4, 0.5) is 0 Å². The molecule has 0 aromatic carbocycles. The predicted octanol–water partition coefficient (Wildman–Crippen LogP) is 2.70. The van der Waals surface area contributed by atoms with Gasteiger partial charge in [0.15, 0.2) is 0 Å². The summed E-state index contributed by atoms with van der Waals surface area (Å²) in [4.78, 5) is 0. The van der Waals surface area contributed by atoms with Crippen molar-refractivity contribution in [2.75, 3.05) is 27.9 Å². The van der Waals surface area contributed by atoms with Crippen molar-refractivity contribution >= 4 is 8.80 Å². The molecule has 0 heterocycles. The summed E-state index contributed by atoms with van der Waals surface area (Å²) >= 11 is 0. The minimum Gasteiger partial charge on any atom is -0.375 e. The van der Waals surface area contributed by atoms with Crippen LogP contribution in [0.3, 0.4) is 0 Å². The lowest BCUT2D eigenvalue weighted by atomic mass is 9.97. The molecule has 0 aliphatic heterocycles. The Morgan fingerprint density at radius 1 is 1.06 bits per heavy atom. The minimum absolute atomic E-state index is 0.414. The van der Waals surface area contributed by atoms with Crippen LogP contribution in [0.25, 0.3) is 0 Å². The first-order chi connectivity index (χ1) is 8.56. The maximum absolute atomic E-state index is 6.16. The number of hydrogen-bond acceptors (Lipinski definition) is 4. The highest BCUT2D eigenvalue weighted by Gasteiger charge is 2.61. The molecule has 106 valence electrons. The van der Waals surface area contributed by atoms with E-state index < -0.39 is 14.0 Å². The van der Waals surface area contributed by atoms with Crippen molar-refractivity contribution in [3.05, 3.63) is 12.2 Å². The van der Waals surface area contributed by atoms with E-state index in [0.717, 1.165) is 31.3 Å². The molecule has 1 aliphatic carbocycles. The highest BCUT2D eigenvalue weighted by Crippen LogP contribution is 2.40. The van der Waals surface area contributed by atoms with Crippen molar-refractivity contribution in [3.63, 3.8) is 0 Å². The topological polar surface area (TPSA) is 36.9 Å². The van der Waals surface area contributed by atoms with E-state index in [-0.39, 0.29) is 0 Å². The van der Waals surface area contributed by atoms with Crippen LogP contribution in [-0.4, -0.2) is 42.0 Å². The Labute approximate surface area is 112 Å². The average Bonchev–Trinajstić information content (AvgIpc) is 2.40. The maximum Gasteiger partial charge on any atom is 0.533 e. The van der Waals surface area contributed by atoms with Gasteiger partial charge in [0.05, 0.1) is 6.61 Å². The lowest BCUT2D eigenvalue weighted by Gasteiger charge is -2.45. The van der Waals surface area contributed by atoms with Crippen LogP contribution in [0, 0.1) is 0 Å². The van der Waals surface area contributed by atoms with Gasteiger partial charge in [-0.05, 0) is 19.8 Å². The molecule has 0 amide bonds. The zero-order chi connectivity index (χ0) is 13.6. The standard InChI is InChI=1S/C13H26O4Si/c1-12(2)11-17-13(9-7-6-8-10-13)18(14-3,15-4)16-5/h1,6-11H2,2-5H3. The van der Waals surface area contributed by atoms with Crippen molar-refractivity contribution in [2.45, 2.75) is 44.3 Å². The van der Waals surface area contributed by atoms with Gasteiger partial charge in [-0.25, -0.2) is 0 Å². The fraction of sp³-hybridized carbons (Fsp3) is 0.846. The van der Waals surface area contributed by atoms with Crippen molar-refractivity contribution in [3.8, 4) is 0 Å². The smallest absolute Gasteiger partial charge is 0.375 e. The van der Waals surface area contributed by atoms with E-state index in [0.29, 0.717) is 6.61 Å². The summed E-state index contributed by atoms with van der Waals surface area (Å²) in [6, 6.07) is 0. The molecule has 1 fully saturated rings. The minimum atomic E-state index is -2.80. The number of rotatable bonds is 7. The molecule has 0 aromatic rings. The molecule has 4 nitrogen and oxygen atoms in total. The van der Waals surface area contributed by atoms with Gasteiger partial charge in [0.1, 0.15) is 5.22 Å². The first-order valence-corrected chi connectivity index (χ1v) is 8.22. The fourth-order valence-corrected chi connectivity index (χ4v) is 5.56. The second-order valence-corrected chi connectivity index (χ2v) is 8.22. The molecule has 0 N–H and O–H groups in total. The number of hydrogen-bond donors (Lipinski definition) is 0. The largest absolute Gasteiger partial charge is 0.533 e. The Morgan fingerprint density at radius 2 is 1.56 bits per heavy atom. The van der Waals surface area contributed by atoms with Crippen LogP contribution in [0.2, 0.25) is 0 Å². The van der Waals surface area contributed by atoms with Gasteiger partial charge in [-0.15, -0.1) is 0 Å². The summed E-state index contributed by atoms with van der Waals surface area (Å²) in [6.45, 7) is 6.40. The second kappa shape index (κ2) is 6.82. The molecule has 1 saturated carbocycles. The molecule has 5 heteroatoms. The summed E-state index contributed by atoms with van der Waals surface area (Å²) in [5, 5.41) is -0.414. The highest BCUT2D eigenvalue weighted by molar-refractivity contribution is 6.64. The first-order valence-electron chi connectivity index (χ1n) is 6.49. The summed E-state index contributed by atoms with van der Waals surface area (Å²) < 4.78 is 23.1. The summed E-state index contributed by atoms with van der Waals surface area (Å²) in [5.41, 5.74) is 1.01. The lowest BCUT2D eigenvalue weighted by molar-refractivity contribution is -0.0686. The Hall–Kier alpha value is -0.203. The molecule has 0 spiro atoms. The van der Waals surface area contributed by atoms with Gasteiger partial charge in [-0.1, -0.05) is 31.4 Å². The third kappa shape index (κ3) is 3.03. The van der Waals surface area contributed by atoms with Gasteiger partial charge in [-0.3, -0.25) is 0 Å². The van der Waals surface area contributed by atoms with Gasteiger partial charge in [0.2, 0.25) is 0 Å². The third-order valence-electron chi connectivity index (χ3n) is 3.62. The Balaban J connectivity index is 2.96. The van der Waals surface area contributed by atoms with Gasteiger partial charge in [-0.2, -0.15) is 0 Å². The predicted molar refractivity (Wildman–Crippen MR) is 73.4 cm³/mol. The van der Waals surface area contributed by atoms with Crippen molar-refractivity contribution < 1.29 is 18.0 Å². The normalized spacial score (nSPS) is 19.8. The van der Waals surface area contributed by atoms with E-state index in [1.165, 1.54) is 6.42 Å². The highest BCUT2D eigenvalue weighted by atomic mass is 28.4. The molecule has 0 aromatic heterocycles. The molecule has 0 saturated heterocycles. The molecule has 1 aliphatic rings. The SMILES string of the molecule is C=C(C)COC1([Si](OC)(OC)OC)CCCCC1. The summed E-state index contributed by atoms with van der Waals surface area (Å²) in [7, 11) is 2.16. The summed E-state index contributed by atoms with van der Waals surface area (Å²) in [5.74, 6) is 0. The molecule has 0 atom stereocenters.